The molecule has 0 amide bonds. The third kappa shape index (κ3) is 1.69. The quantitative estimate of drug-likeness (QED) is 0.327. The molecule has 0 bridgehead atoms. The van der Waals surface area contributed by atoms with Crippen LogP contribution in [0.3, 0.4) is 0 Å². The molecule has 0 spiro atoms. The summed E-state index contributed by atoms with van der Waals surface area (Å²) in [5.74, 6) is -1.75. The number of carboxylic acids is 1. The van der Waals surface area contributed by atoms with Gasteiger partial charge in [0.25, 0.3) is 0 Å². The third-order valence-corrected chi connectivity index (χ3v) is 1.99. The predicted octanol–water partition coefficient (Wildman–Crippen LogP) is -5.00. The molecule has 73 valence electrons. The largest absolute Gasteiger partial charge is 0.547 e. The van der Waals surface area contributed by atoms with Gasteiger partial charge in [-0.25, -0.2) is 0 Å². The van der Waals surface area contributed by atoms with Crippen molar-refractivity contribution in [2.45, 2.75) is 24.2 Å². The first-order valence-electron chi connectivity index (χ1n) is 3.65. The minimum Gasteiger partial charge on any atom is -0.547 e. The molecule has 1 fully saturated rings. The van der Waals surface area contributed by atoms with Crippen molar-refractivity contribution in [2.75, 3.05) is 0 Å². The number of hydrogen-bond acceptors (Lipinski definition) is 5. The minimum atomic E-state index is -2.29. The van der Waals surface area contributed by atoms with Crippen molar-refractivity contribution in [1.82, 2.24) is 0 Å². The monoisotopic (exact) mass is 188 g/mol. The topological polar surface area (TPSA) is 126 Å². The fourth-order valence-corrected chi connectivity index (χ4v) is 1.21. The number of rotatable bonds is 1. The first kappa shape index (κ1) is 10.1. The smallest absolute Gasteiger partial charge is 0.188 e. The Balaban J connectivity index is 2.85. The molecule has 6 heteroatoms. The Labute approximate surface area is 73.9 Å². The van der Waals surface area contributed by atoms with Crippen molar-refractivity contribution in [2.24, 2.45) is 0 Å². The molecule has 0 saturated heterocycles. The number of carbonyl (C=O) groups is 1. The molecule has 13 heavy (non-hydrogen) atoms. The maximum absolute atomic E-state index is 10.4. The van der Waals surface area contributed by atoms with E-state index in [9.17, 15) is 15.0 Å². The van der Waals surface area contributed by atoms with Crippen LogP contribution in [0.15, 0.2) is 0 Å². The second-order valence-electron chi connectivity index (χ2n) is 3.07. The van der Waals surface area contributed by atoms with Gasteiger partial charge in [-0.1, -0.05) is 0 Å². The van der Waals surface area contributed by atoms with E-state index in [2.05, 4.69) is 0 Å². The number of carbonyl (C=O) groups excluding carboxylic acids is 1. The molecule has 5 N–H and O–H groups in total. The van der Waals surface area contributed by atoms with Crippen molar-refractivity contribution >= 4 is 11.7 Å². The first-order chi connectivity index (χ1) is 5.87. The highest BCUT2D eigenvalue weighted by Crippen LogP contribution is 2.24. The van der Waals surface area contributed by atoms with Gasteiger partial charge in [0.1, 0.15) is 5.60 Å². The predicted molar refractivity (Wildman–Crippen MR) is 37.8 cm³/mol. The van der Waals surface area contributed by atoms with Gasteiger partial charge in [0, 0.05) is 6.42 Å². The van der Waals surface area contributed by atoms with Crippen molar-refractivity contribution < 1.29 is 30.6 Å². The standard InChI is InChI=1S/C7H10NO5/c8-3-1-7(13,6(11)12)2-4(9)5(3)10/h1,4-5,8-10,13H,2H2,(H,11,12). The van der Waals surface area contributed by atoms with Crippen molar-refractivity contribution in [3.8, 4) is 0 Å². The van der Waals surface area contributed by atoms with Gasteiger partial charge in [0.15, 0.2) is 11.8 Å². The van der Waals surface area contributed by atoms with Gasteiger partial charge in [-0.3, -0.25) is 5.41 Å². The number of aliphatic carboxylic acids is 1. The van der Waals surface area contributed by atoms with Gasteiger partial charge < -0.3 is 25.2 Å². The summed E-state index contributed by atoms with van der Waals surface area (Å²) in [5.41, 5.74) is -2.56. The van der Waals surface area contributed by atoms with Crippen LogP contribution in [-0.2, 0) is 4.79 Å². The lowest BCUT2D eigenvalue weighted by Gasteiger charge is -2.35. The van der Waals surface area contributed by atoms with Crippen LogP contribution in [-0.4, -0.2) is 44.8 Å². The molecule has 1 aliphatic rings. The van der Waals surface area contributed by atoms with E-state index in [1.165, 1.54) is 0 Å². The van der Waals surface area contributed by atoms with Crippen LogP contribution in [0, 0.1) is 6.42 Å². The average molecular weight is 188 g/mol. The van der Waals surface area contributed by atoms with Gasteiger partial charge in [0.05, 0.1) is 18.5 Å². The number of hydrogen-bond donors (Lipinski definition) is 4. The summed E-state index contributed by atoms with van der Waals surface area (Å²) in [6, 6.07) is 0. The molecule has 1 rings (SSSR count). The van der Waals surface area contributed by atoms with Gasteiger partial charge >= 0.3 is 0 Å². The van der Waals surface area contributed by atoms with Crippen LogP contribution in [0.1, 0.15) is 6.42 Å². The minimum absolute atomic E-state index is 0.273. The van der Waals surface area contributed by atoms with E-state index in [1.54, 1.807) is 0 Å². The highest BCUT2D eigenvalue weighted by Gasteiger charge is 2.45. The second-order valence-corrected chi connectivity index (χ2v) is 3.07. The Morgan fingerprint density at radius 2 is 2.23 bits per heavy atom. The Kier molecular flexibility index (Phi) is 2.38. The number of aliphatic hydroxyl groups excluding tert-OH is 2. The van der Waals surface area contributed by atoms with Gasteiger partial charge in [0.2, 0.25) is 0 Å². The molecule has 0 heterocycles. The van der Waals surface area contributed by atoms with Crippen LogP contribution >= 0.6 is 0 Å². The van der Waals surface area contributed by atoms with Gasteiger partial charge in [-0.2, -0.15) is 0 Å². The van der Waals surface area contributed by atoms with E-state index in [1.807, 2.05) is 0 Å². The van der Waals surface area contributed by atoms with Crippen LogP contribution < -0.4 is 10.5 Å². The Morgan fingerprint density at radius 3 is 2.62 bits per heavy atom. The van der Waals surface area contributed by atoms with Crippen LogP contribution in [0.5, 0.6) is 0 Å². The second kappa shape index (κ2) is 3.06. The molecule has 1 radical (unpaired) electrons. The van der Waals surface area contributed by atoms with E-state index >= 15 is 0 Å². The molecule has 3 unspecified atom stereocenters. The molecule has 1 saturated carbocycles. The molecule has 0 aromatic heterocycles. The van der Waals surface area contributed by atoms with Crippen molar-refractivity contribution in [3.63, 3.8) is 0 Å². The van der Waals surface area contributed by atoms with Crippen LogP contribution in [0.25, 0.3) is 0 Å². The molecule has 0 aliphatic heterocycles. The lowest BCUT2D eigenvalue weighted by molar-refractivity contribution is -0.324. The molecule has 6 nitrogen and oxygen atoms in total. The summed E-state index contributed by atoms with van der Waals surface area (Å²) in [6.07, 6.45) is -2.48. The summed E-state index contributed by atoms with van der Waals surface area (Å²) in [5, 5.41) is 43.1. The highest BCUT2D eigenvalue weighted by molar-refractivity contribution is 5.99. The van der Waals surface area contributed by atoms with Crippen LogP contribution in [0.2, 0.25) is 0 Å². The van der Waals surface area contributed by atoms with E-state index in [0.717, 1.165) is 6.42 Å². The number of nitrogens with two attached hydrogens (primary N) is 1. The normalized spacial score (nSPS) is 40.4. The van der Waals surface area contributed by atoms with Crippen LogP contribution in [0.4, 0.5) is 0 Å². The van der Waals surface area contributed by atoms with E-state index in [4.69, 9.17) is 15.6 Å². The maximum Gasteiger partial charge on any atom is 0.188 e. The molecule has 1 aliphatic carbocycles. The van der Waals surface area contributed by atoms with Crippen molar-refractivity contribution in [1.29, 1.82) is 0 Å². The Hall–Kier alpha value is -0.980. The third-order valence-electron chi connectivity index (χ3n) is 1.99. The summed E-state index contributed by atoms with van der Waals surface area (Å²) in [7, 11) is 0. The molecular weight excluding hydrogens is 178 g/mol. The summed E-state index contributed by atoms with van der Waals surface area (Å²) in [4.78, 5) is 10.4. The molecule has 0 aromatic rings. The van der Waals surface area contributed by atoms with Crippen molar-refractivity contribution in [3.05, 3.63) is 6.42 Å². The van der Waals surface area contributed by atoms with Gasteiger partial charge in [-0.05, 0) is 0 Å². The maximum atomic E-state index is 10.4. The SMILES string of the molecule is [NH2+]=C1[CH]C(O)(C(=O)[O-])CC(O)C1O. The summed E-state index contributed by atoms with van der Waals surface area (Å²) >= 11 is 0. The highest BCUT2D eigenvalue weighted by atomic mass is 16.4. The zero-order valence-corrected chi connectivity index (χ0v) is 6.67. The lowest BCUT2D eigenvalue weighted by atomic mass is 9.80. The fraction of sp³-hybridized carbons (Fsp3) is 0.571. The molecule has 3 atom stereocenters. The van der Waals surface area contributed by atoms with E-state index in [0.29, 0.717) is 0 Å². The zero-order chi connectivity index (χ0) is 10.2. The fourth-order valence-electron chi connectivity index (χ4n) is 1.21. The number of aliphatic hydroxyl groups is 3. The zero-order valence-electron chi connectivity index (χ0n) is 6.67. The first-order valence-corrected chi connectivity index (χ1v) is 3.65. The molecule has 0 aromatic carbocycles. The summed E-state index contributed by atoms with van der Waals surface area (Å²) < 4.78 is 0. The average Bonchev–Trinajstić information content (AvgIpc) is 2.00. The summed E-state index contributed by atoms with van der Waals surface area (Å²) in [6.45, 7) is 0. The van der Waals surface area contributed by atoms with E-state index < -0.39 is 30.2 Å². The van der Waals surface area contributed by atoms with E-state index in [-0.39, 0.29) is 5.71 Å². The lowest BCUT2D eigenvalue weighted by Crippen LogP contribution is -2.64. The molecular formula is C7H10NO5. The Morgan fingerprint density at radius 1 is 1.69 bits per heavy atom. The van der Waals surface area contributed by atoms with Gasteiger partial charge in [-0.15, -0.1) is 0 Å². The Bertz CT molecular complexity index is 253. The number of carboxylic acid groups (broad SMARTS) is 1.